The SMILES string of the molecule is C=CCc1cc(/C=C2/NC(=O)N(CC(=O)Nc3ccccc3F)C2=O)cc(OCC)c1OCc1ccccc1. The summed E-state index contributed by atoms with van der Waals surface area (Å²) in [6, 6.07) is 18.1. The second kappa shape index (κ2) is 12.6. The second-order valence-electron chi connectivity index (χ2n) is 8.61. The highest BCUT2D eigenvalue weighted by atomic mass is 19.1. The van der Waals surface area contributed by atoms with Crippen LogP contribution in [0.5, 0.6) is 11.5 Å². The van der Waals surface area contributed by atoms with Crippen LogP contribution in [0.3, 0.4) is 0 Å². The Bertz CT molecular complexity index is 1420. The summed E-state index contributed by atoms with van der Waals surface area (Å²) in [5.74, 6) is -0.971. The van der Waals surface area contributed by atoms with Gasteiger partial charge in [0.2, 0.25) is 5.91 Å². The van der Waals surface area contributed by atoms with Gasteiger partial charge in [0.25, 0.3) is 5.91 Å². The first-order valence-corrected chi connectivity index (χ1v) is 12.4. The van der Waals surface area contributed by atoms with E-state index in [1.165, 1.54) is 24.3 Å². The lowest BCUT2D eigenvalue weighted by molar-refractivity contribution is -0.127. The van der Waals surface area contributed by atoms with Gasteiger partial charge in [0.15, 0.2) is 11.5 Å². The topological polar surface area (TPSA) is 97.0 Å². The van der Waals surface area contributed by atoms with Crippen molar-refractivity contribution in [2.45, 2.75) is 20.0 Å². The van der Waals surface area contributed by atoms with E-state index in [9.17, 15) is 18.8 Å². The third kappa shape index (κ3) is 6.70. The minimum absolute atomic E-state index is 0.0105. The third-order valence-electron chi connectivity index (χ3n) is 5.77. The molecule has 0 bridgehead atoms. The first-order chi connectivity index (χ1) is 18.9. The molecule has 9 heteroatoms. The maximum Gasteiger partial charge on any atom is 0.329 e. The molecular weight excluding hydrogens is 501 g/mol. The van der Waals surface area contributed by atoms with Crippen molar-refractivity contribution in [3.63, 3.8) is 0 Å². The summed E-state index contributed by atoms with van der Waals surface area (Å²) in [5, 5.41) is 4.87. The number of carbonyl (C=O) groups excluding carboxylic acids is 3. The Hall–Kier alpha value is -4.92. The van der Waals surface area contributed by atoms with E-state index in [2.05, 4.69) is 17.2 Å². The number of nitrogens with one attached hydrogen (secondary N) is 2. The Kier molecular flexibility index (Phi) is 8.73. The van der Waals surface area contributed by atoms with Crippen molar-refractivity contribution in [3.05, 3.63) is 108 Å². The van der Waals surface area contributed by atoms with Gasteiger partial charge in [0, 0.05) is 5.56 Å². The highest BCUT2D eigenvalue weighted by molar-refractivity contribution is 6.16. The van der Waals surface area contributed by atoms with Crippen LogP contribution >= 0.6 is 0 Å². The van der Waals surface area contributed by atoms with E-state index < -0.39 is 30.2 Å². The van der Waals surface area contributed by atoms with Crippen molar-refractivity contribution in [2.24, 2.45) is 0 Å². The fourth-order valence-corrected chi connectivity index (χ4v) is 4.01. The van der Waals surface area contributed by atoms with Crippen LogP contribution in [0.25, 0.3) is 6.08 Å². The lowest BCUT2D eigenvalue weighted by Crippen LogP contribution is -2.38. The van der Waals surface area contributed by atoms with E-state index in [4.69, 9.17) is 9.47 Å². The van der Waals surface area contributed by atoms with Gasteiger partial charge in [-0.05, 0) is 54.8 Å². The third-order valence-corrected chi connectivity index (χ3v) is 5.77. The molecule has 3 aromatic rings. The van der Waals surface area contributed by atoms with Gasteiger partial charge in [-0.25, -0.2) is 14.1 Å². The molecule has 0 saturated carbocycles. The second-order valence-corrected chi connectivity index (χ2v) is 8.61. The smallest absolute Gasteiger partial charge is 0.329 e. The predicted molar refractivity (Wildman–Crippen MR) is 146 cm³/mol. The van der Waals surface area contributed by atoms with Crippen LogP contribution in [0, 0.1) is 5.82 Å². The summed E-state index contributed by atoms with van der Waals surface area (Å²) in [6.07, 6.45) is 3.71. The molecule has 1 aliphatic heterocycles. The van der Waals surface area contributed by atoms with Crippen molar-refractivity contribution in [2.75, 3.05) is 18.5 Å². The van der Waals surface area contributed by atoms with Gasteiger partial charge in [0.05, 0.1) is 12.3 Å². The van der Waals surface area contributed by atoms with Crippen LogP contribution in [-0.2, 0) is 22.6 Å². The number of hydrogen-bond donors (Lipinski definition) is 2. The summed E-state index contributed by atoms with van der Waals surface area (Å²) in [7, 11) is 0. The first kappa shape index (κ1) is 27.1. The molecule has 1 fully saturated rings. The number of imide groups is 1. The number of amides is 4. The van der Waals surface area contributed by atoms with Crippen LogP contribution in [0.1, 0.15) is 23.6 Å². The van der Waals surface area contributed by atoms with Gasteiger partial charge in [-0.15, -0.1) is 6.58 Å². The Morgan fingerprint density at radius 2 is 1.82 bits per heavy atom. The molecule has 200 valence electrons. The van der Waals surface area contributed by atoms with E-state index >= 15 is 0 Å². The van der Waals surface area contributed by atoms with E-state index in [0.717, 1.165) is 16.0 Å². The summed E-state index contributed by atoms with van der Waals surface area (Å²) in [5.41, 5.74) is 2.32. The molecule has 0 spiro atoms. The minimum atomic E-state index is -0.755. The van der Waals surface area contributed by atoms with Crippen molar-refractivity contribution in [1.82, 2.24) is 10.2 Å². The van der Waals surface area contributed by atoms with Gasteiger partial charge in [-0.3, -0.25) is 9.59 Å². The number of para-hydroxylation sites is 1. The van der Waals surface area contributed by atoms with Gasteiger partial charge < -0.3 is 20.1 Å². The number of rotatable bonds is 11. The number of carbonyl (C=O) groups is 3. The molecule has 0 unspecified atom stereocenters. The summed E-state index contributed by atoms with van der Waals surface area (Å²) in [4.78, 5) is 38.6. The van der Waals surface area contributed by atoms with Gasteiger partial charge in [0.1, 0.15) is 24.7 Å². The van der Waals surface area contributed by atoms with Crippen LogP contribution < -0.4 is 20.1 Å². The van der Waals surface area contributed by atoms with Gasteiger partial charge >= 0.3 is 6.03 Å². The van der Waals surface area contributed by atoms with E-state index in [-0.39, 0.29) is 11.4 Å². The Balaban J connectivity index is 1.55. The summed E-state index contributed by atoms with van der Waals surface area (Å²) < 4.78 is 25.8. The maximum absolute atomic E-state index is 13.9. The molecule has 1 saturated heterocycles. The Morgan fingerprint density at radius 3 is 2.54 bits per heavy atom. The molecule has 4 rings (SSSR count). The summed E-state index contributed by atoms with van der Waals surface area (Å²) >= 11 is 0. The largest absolute Gasteiger partial charge is 0.490 e. The number of ether oxygens (including phenoxy) is 2. The van der Waals surface area contributed by atoms with Crippen molar-refractivity contribution < 1.29 is 28.2 Å². The van der Waals surface area contributed by atoms with Crippen LogP contribution in [0.2, 0.25) is 0 Å². The van der Waals surface area contributed by atoms with E-state index in [1.54, 1.807) is 18.2 Å². The molecule has 0 radical (unpaired) electrons. The number of anilines is 1. The fraction of sp³-hybridized carbons (Fsp3) is 0.167. The van der Waals surface area contributed by atoms with Crippen molar-refractivity contribution >= 4 is 29.6 Å². The van der Waals surface area contributed by atoms with E-state index in [0.29, 0.717) is 36.7 Å². The maximum atomic E-state index is 13.9. The average Bonchev–Trinajstić information content (AvgIpc) is 3.17. The Labute approximate surface area is 225 Å². The number of halogens is 1. The molecule has 1 aliphatic rings. The molecule has 0 atom stereocenters. The highest BCUT2D eigenvalue weighted by Gasteiger charge is 2.35. The molecule has 0 aromatic heterocycles. The molecular formula is C30H28FN3O5. The van der Waals surface area contributed by atoms with Crippen molar-refractivity contribution in [1.29, 1.82) is 0 Å². The molecule has 39 heavy (non-hydrogen) atoms. The summed E-state index contributed by atoms with van der Waals surface area (Å²) in [6.45, 7) is 5.83. The highest BCUT2D eigenvalue weighted by Crippen LogP contribution is 2.35. The van der Waals surface area contributed by atoms with Gasteiger partial charge in [-0.1, -0.05) is 48.5 Å². The minimum Gasteiger partial charge on any atom is -0.490 e. The lowest BCUT2D eigenvalue weighted by atomic mass is 10.0. The van der Waals surface area contributed by atoms with Crippen molar-refractivity contribution in [3.8, 4) is 11.5 Å². The van der Waals surface area contributed by atoms with E-state index in [1.807, 2.05) is 43.3 Å². The number of benzene rings is 3. The molecule has 3 aromatic carbocycles. The molecule has 4 amide bonds. The standard InChI is InChI=1S/C30H28FN3O5/c1-3-10-22-15-21(17-26(38-4-2)28(22)39-19-20-11-6-5-7-12-20)16-25-29(36)34(30(37)33-25)18-27(35)32-24-14-9-8-13-23(24)31/h3,5-9,11-17H,1,4,10,18-19H2,2H3,(H,32,35)(H,33,37)/b25-16+. The first-order valence-electron chi connectivity index (χ1n) is 12.4. The fourth-order valence-electron chi connectivity index (χ4n) is 4.01. The quantitative estimate of drug-likeness (QED) is 0.206. The number of allylic oxidation sites excluding steroid dienone is 1. The molecule has 1 heterocycles. The van der Waals surface area contributed by atoms with Crippen LogP contribution in [-0.4, -0.2) is 35.9 Å². The monoisotopic (exact) mass is 529 g/mol. The normalized spacial score (nSPS) is 13.8. The van der Waals surface area contributed by atoms with Crippen LogP contribution in [0.4, 0.5) is 14.9 Å². The lowest BCUT2D eigenvalue weighted by Gasteiger charge is -2.17. The number of urea groups is 1. The predicted octanol–water partition coefficient (Wildman–Crippen LogP) is 5.06. The van der Waals surface area contributed by atoms with Gasteiger partial charge in [-0.2, -0.15) is 0 Å². The zero-order valence-electron chi connectivity index (χ0n) is 21.4. The average molecular weight is 530 g/mol. The molecule has 8 nitrogen and oxygen atoms in total. The Morgan fingerprint density at radius 1 is 1.08 bits per heavy atom. The molecule has 2 N–H and O–H groups in total. The number of nitrogens with zero attached hydrogens (tertiary/aromatic N) is 1. The zero-order valence-corrected chi connectivity index (χ0v) is 21.4. The number of hydrogen-bond acceptors (Lipinski definition) is 5. The zero-order chi connectivity index (χ0) is 27.8. The molecule has 0 aliphatic carbocycles. The van der Waals surface area contributed by atoms with Crippen LogP contribution in [0.15, 0.2) is 85.1 Å².